The van der Waals surface area contributed by atoms with Crippen molar-refractivity contribution in [2.24, 2.45) is 0 Å². The van der Waals surface area contributed by atoms with Gasteiger partial charge in [-0.15, -0.1) is 5.10 Å². The minimum atomic E-state index is 0.534. The number of H-pyrrole nitrogens is 1. The van der Waals surface area contributed by atoms with Crippen molar-refractivity contribution < 1.29 is 4.74 Å². The molecular formula is C11H14N4O. The van der Waals surface area contributed by atoms with E-state index in [1.165, 1.54) is 0 Å². The monoisotopic (exact) mass is 218 g/mol. The van der Waals surface area contributed by atoms with E-state index in [2.05, 4.69) is 20.5 Å². The summed E-state index contributed by atoms with van der Waals surface area (Å²) in [5.74, 6) is 1.09. The van der Waals surface area contributed by atoms with E-state index in [0.717, 1.165) is 17.8 Å². The minimum Gasteiger partial charge on any atom is -0.419 e. The first-order valence-electron chi connectivity index (χ1n) is 5.07. The third-order valence-corrected chi connectivity index (χ3v) is 2.07. The van der Waals surface area contributed by atoms with Crippen molar-refractivity contribution in [3.63, 3.8) is 0 Å². The fraction of sp³-hybridized carbons (Fsp3) is 0.273. The molecule has 2 heterocycles. The van der Waals surface area contributed by atoms with Gasteiger partial charge in [-0.2, -0.15) is 0 Å². The average molecular weight is 218 g/mol. The fourth-order valence-electron chi connectivity index (χ4n) is 1.37. The summed E-state index contributed by atoms with van der Waals surface area (Å²) in [6.07, 6.45) is 1.72. The largest absolute Gasteiger partial charge is 0.419 e. The second-order valence-corrected chi connectivity index (χ2v) is 3.52. The van der Waals surface area contributed by atoms with Gasteiger partial charge >= 0.3 is 0 Å². The molecule has 5 heteroatoms. The van der Waals surface area contributed by atoms with Crippen LogP contribution in [-0.2, 0) is 6.54 Å². The van der Waals surface area contributed by atoms with E-state index in [0.29, 0.717) is 11.8 Å². The number of rotatable bonds is 4. The first-order valence-corrected chi connectivity index (χ1v) is 5.07. The standard InChI is InChI=1S/C11H14N4O/c1-8-5-11(15-14-8)16-10-6-9(7-12-2)3-4-13-10/h3-6,12H,7H2,1-2H3,(H,14,15). The first kappa shape index (κ1) is 10.6. The molecule has 0 bridgehead atoms. The summed E-state index contributed by atoms with van der Waals surface area (Å²) in [5.41, 5.74) is 2.08. The lowest BCUT2D eigenvalue weighted by Crippen LogP contribution is -2.05. The summed E-state index contributed by atoms with van der Waals surface area (Å²) in [7, 11) is 1.90. The third-order valence-electron chi connectivity index (χ3n) is 2.07. The Morgan fingerprint density at radius 3 is 2.94 bits per heavy atom. The maximum absolute atomic E-state index is 5.50. The fourth-order valence-corrected chi connectivity index (χ4v) is 1.37. The number of aromatic nitrogens is 3. The second-order valence-electron chi connectivity index (χ2n) is 3.52. The molecule has 0 amide bonds. The molecule has 0 spiro atoms. The molecule has 2 aromatic heterocycles. The smallest absolute Gasteiger partial charge is 0.240 e. The molecule has 0 fully saturated rings. The first-order chi connectivity index (χ1) is 7.78. The normalized spacial score (nSPS) is 10.4. The number of aryl methyl sites for hydroxylation is 1. The molecular weight excluding hydrogens is 204 g/mol. The predicted octanol–water partition coefficient (Wildman–Crippen LogP) is 1.62. The number of nitrogens with zero attached hydrogens (tertiary/aromatic N) is 2. The number of ether oxygens (including phenoxy) is 1. The lowest BCUT2D eigenvalue weighted by molar-refractivity contribution is 0.442. The van der Waals surface area contributed by atoms with Gasteiger partial charge in [0.05, 0.1) is 0 Å². The minimum absolute atomic E-state index is 0.534. The molecule has 16 heavy (non-hydrogen) atoms. The van der Waals surface area contributed by atoms with Gasteiger partial charge in [0.1, 0.15) is 0 Å². The summed E-state index contributed by atoms with van der Waals surface area (Å²) in [4.78, 5) is 4.12. The SMILES string of the molecule is CNCc1ccnc(Oc2cc(C)[nH]n2)c1. The highest BCUT2D eigenvalue weighted by Gasteiger charge is 2.02. The van der Waals surface area contributed by atoms with Gasteiger partial charge in [-0.05, 0) is 25.6 Å². The van der Waals surface area contributed by atoms with Gasteiger partial charge < -0.3 is 10.1 Å². The zero-order valence-corrected chi connectivity index (χ0v) is 9.32. The van der Waals surface area contributed by atoms with E-state index in [1.807, 2.05) is 32.2 Å². The molecule has 0 aliphatic carbocycles. The Labute approximate surface area is 93.9 Å². The van der Waals surface area contributed by atoms with Crippen molar-refractivity contribution in [2.75, 3.05) is 7.05 Å². The number of hydrogen-bond acceptors (Lipinski definition) is 4. The Kier molecular flexibility index (Phi) is 3.16. The summed E-state index contributed by atoms with van der Waals surface area (Å²) in [5, 5.41) is 9.87. The maximum Gasteiger partial charge on any atom is 0.240 e. The van der Waals surface area contributed by atoms with E-state index in [9.17, 15) is 0 Å². The van der Waals surface area contributed by atoms with Gasteiger partial charge in [-0.25, -0.2) is 4.98 Å². The Hall–Kier alpha value is -1.88. The van der Waals surface area contributed by atoms with Crippen LogP contribution in [0.5, 0.6) is 11.8 Å². The molecule has 0 saturated carbocycles. The van der Waals surface area contributed by atoms with E-state index in [1.54, 1.807) is 6.20 Å². The molecule has 0 aromatic carbocycles. The van der Waals surface area contributed by atoms with Gasteiger partial charge in [-0.1, -0.05) is 0 Å². The zero-order chi connectivity index (χ0) is 11.4. The van der Waals surface area contributed by atoms with E-state index >= 15 is 0 Å². The van der Waals surface area contributed by atoms with Crippen molar-refractivity contribution in [2.45, 2.75) is 13.5 Å². The number of hydrogen-bond donors (Lipinski definition) is 2. The quantitative estimate of drug-likeness (QED) is 0.818. The molecule has 2 rings (SSSR count). The highest BCUT2D eigenvalue weighted by atomic mass is 16.5. The van der Waals surface area contributed by atoms with E-state index in [-0.39, 0.29) is 0 Å². The van der Waals surface area contributed by atoms with Crippen LogP contribution in [0.25, 0.3) is 0 Å². The maximum atomic E-state index is 5.50. The van der Waals surface area contributed by atoms with Crippen molar-refractivity contribution in [1.29, 1.82) is 0 Å². The Bertz CT molecular complexity index is 467. The van der Waals surface area contributed by atoms with Gasteiger partial charge in [0.25, 0.3) is 0 Å². The van der Waals surface area contributed by atoms with E-state index in [4.69, 9.17) is 4.74 Å². The molecule has 0 unspecified atom stereocenters. The van der Waals surface area contributed by atoms with Crippen molar-refractivity contribution in [3.05, 3.63) is 35.7 Å². The second kappa shape index (κ2) is 4.76. The van der Waals surface area contributed by atoms with Crippen LogP contribution in [0, 0.1) is 6.92 Å². The summed E-state index contributed by atoms with van der Waals surface area (Å²) in [6.45, 7) is 2.71. The van der Waals surface area contributed by atoms with Gasteiger partial charge in [0.2, 0.25) is 11.8 Å². The highest BCUT2D eigenvalue weighted by molar-refractivity contribution is 5.24. The van der Waals surface area contributed by atoms with Crippen molar-refractivity contribution >= 4 is 0 Å². The third kappa shape index (κ3) is 2.58. The van der Waals surface area contributed by atoms with Gasteiger partial charge in [-0.3, -0.25) is 5.10 Å². The molecule has 0 saturated heterocycles. The Morgan fingerprint density at radius 2 is 2.25 bits per heavy atom. The van der Waals surface area contributed by atoms with Crippen LogP contribution >= 0.6 is 0 Å². The molecule has 0 radical (unpaired) electrons. The van der Waals surface area contributed by atoms with Crippen LogP contribution in [-0.4, -0.2) is 22.2 Å². The van der Waals surface area contributed by atoms with Crippen molar-refractivity contribution in [1.82, 2.24) is 20.5 Å². The van der Waals surface area contributed by atoms with Crippen molar-refractivity contribution in [3.8, 4) is 11.8 Å². The molecule has 2 N–H and O–H groups in total. The lowest BCUT2D eigenvalue weighted by Gasteiger charge is -2.03. The Morgan fingerprint density at radius 1 is 1.38 bits per heavy atom. The molecule has 0 aliphatic heterocycles. The summed E-state index contributed by atoms with van der Waals surface area (Å²) < 4.78 is 5.50. The zero-order valence-electron chi connectivity index (χ0n) is 9.32. The topological polar surface area (TPSA) is 62.8 Å². The number of aromatic amines is 1. The lowest BCUT2D eigenvalue weighted by atomic mass is 10.3. The van der Waals surface area contributed by atoms with Crippen LogP contribution in [0.15, 0.2) is 24.4 Å². The molecule has 0 atom stereocenters. The predicted molar refractivity (Wildman–Crippen MR) is 60.4 cm³/mol. The molecule has 2 aromatic rings. The van der Waals surface area contributed by atoms with Crippen LogP contribution in [0.4, 0.5) is 0 Å². The molecule has 84 valence electrons. The molecule has 0 aliphatic rings. The highest BCUT2D eigenvalue weighted by Crippen LogP contribution is 2.17. The van der Waals surface area contributed by atoms with Crippen LogP contribution < -0.4 is 10.1 Å². The van der Waals surface area contributed by atoms with E-state index < -0.39 is 0 Å². The van der Waals surface area contributed by atoms with Crippen LogP contribution in [0.3, 0.4) is 0 Å². The Balaban J connectivity index is 2.12. The summed E-state index contributed by atoms with van der Waals surface area (Å²) in [6, 6.07) is 5.66. The number of nitrogens with one attached hydrogen (secondary N) is 2. The molecule has 5 nitrogen and oxygen atoms in total. The summed E-state index contributed by atoms with van der Waals surface area (Å²) >= 11 is 0. The number of pyridine rings is 1. The van der Waals surface area contributed by atoms with Gasteiger partial charge in [0, 0.05) is 30.6 Å². The van der Waals surface area contributed by atoms with Gasteiger partial charge in [0.15, 0.2) is 0 Å². The van der Waals surface area contributed by atoms with Crippen LogP contribution in [0.2, 0.25) is 0 Å². The average Bonchev–Trinajstić information content (AvgIpc) is 2.65. The van der Waals surface area contributed by atoms with Crippen LogP contribution in [0.1, 0.15) is 11.3 Å².